The normalized spacial score (nSPS) is 26.2. The van der Waals surface area contributed by atoms with Crippen molar-refractivity contribution in [1.82, 2.24) is 14.8 Å². The zero-order valence-electron chi connectivity index (χ0n) is 14.7. The number of hydrogen-bond acceptors (Lipinski definition) is 5. The van der Waals surface area contributed by atoms with Crippen molar-refractivity contribution in [2.75, 3.05) is 10.2 Å². The fraction of sp³-hybridized carbons (Fsp3) is 0.316. The van der Waals surface area contributed by atoms with E-state index in [1.165, 1.54) is 0 Å². The molecule has 3 aliphatic rings. The van der Waals surface area contributed by atoms with Crippen LogP contribution in [0.3, 0.4) is 0 Å². The predicted molar refractivity (Wildman–Crippen MR) is 101 cm³/mol. The van der Waals surface area contributed by atoms with Gasteiger partial charge in [0.25, 0.3) is 5.95 Å². The summed E-state index contributed by atoms with van der Waals surface area (Å²) in [5.41, 5.74) is 0.842. The monoisotopic (exact) mass is 397 g/mol. The van der Waals surface area contributed by atoms with E-state index < -0.39 is 0 Å². The van der Waals surface area contributed by atoms with Crippen LogP contribution in [0.1, 0.15) is 30.9 Å². The Balaban J connectivity index is 1.53. The van der Waals surface area contributed by atoms with Crippen LogP contribution < -0.4 is 10.2 Å². The molecule has 2 aliphatic heterocycles. The third-order valence-electron chi connectivity index (χ3n) is 5.51. The summed E-state index contributed by atoms with van der Waals surface area (Å²) in [5, 5.41) is 7.69. The zero-order valence-corrected chi connectivity index (χ0v) is 15.5. The second kappa shape index (κ2) is 6.27. The van der Waals surface area contributed by atoms with Crippen molar-refractivity contribution in [3.8, 4) is 0 Å². The lowest BCUT2D eigenvalue weighted by molar-refractivity contribution is -0.122. The predicted octanol–water partition coefficient (Wildman–Crippen LogP) is 2.32. The number of amides is 3. The van der Waals surface area contributed by atoms with Crippen molar-refractivity contribution in [1.29, 1.82) is 0 Å². The minimum Gasteiger partial charge on any atom is -0.295 e. The fourth-order valence-corrected chi connectivity index (χ4v) is 4.21. The quantitative estimate of drug-likeness (QED) is 0.619. The molecular weight excluding hydrogens is 382 g/mol. The van der Waals surface area contributed by atoms with Gasteiger partial charge in [0, 0.05) is 5.02 Å². The summed E-state index contributed by atoms with van der Waals surface area (Å²) in [6.45, 7) is 0. The molecule has 1 aromatic heterocycles. The minimum atomic E-state index is -0.390. The van der Waals surface area contributed by atoms with Crippen molar-refractivity contribution in [3.63, 3.8) is 0 Å². The first-order chi connectivity index (χ1) is 13.5. The van der Waals surface area contributed by atoms with Crippen LogP contribution in [0, 0.1) is 11.8 Å². The molecule has 1 aromatic carbocycles. The highest BCUT2D eigenvalue weighted by molar-refractivity contribution is 6.30. The van der Waals surface area contributed by atoms with Crippen LogP contribution in [0.15, 0.2) is 36.4 Å². The Morgan fingerprint density at radius 2 is 1.64 bits per heavy atom. The van der Waals surface area contributed by atoms with E-state index in [0.29, 0.717) is 17.9 Å². The van der Waals surface area contributed by atoms with Gasteiger partial charge in [0.2, 0.25) is 23.7 Å². The Morgan fingerprint density at radius 3 is 2.29 bits per heavy atom. The number of fused-ring (bicyclic) bond motifs is 2. The number of carbonyl (C=O) groups is 3. The highest BCUT2D eigenvalue weighted by atomic mass is 35.5. The number of nitrogens with one attached hydrogen (secondary N) is 1. The molecule has 5 rings (SSSR count). The molecule has 0 spiro atoms. The van der Waals surface area contributed by atoms with Crippen LogP contribution in [-0.2, 0) is 14.4 Å². The second-order valence-corrected chi connectivity index (χ2v) is 7.60. The molecule has 9 heteroatoms. The maximum atomic E-state index is 12.8. The number of rotatable bonds is 2. The van der Waals surface area contributed by atoms with Crippen molar-refractivity contribution in [2.45, 2.75) is 25.3 Å². The Morgan fingerprint density at radius 1 is 1.00 bits per heavy atom. The molecule has 3 amide bonds. The van der Waals surface area contributed by atoms with Crippen LogP contribution in [0.4, 0.5) is 11.9 Å². The lowest BCUT2D eigenvalue weighted by Gasteiger charge is -2.23. The summed E-state index contributed by atoms with van der Waals surface area (Å²) in [7, 11) is 0. The summed E-state index contributed by atoms with van der Waals surface area (Å²) >= 11 is 5.96. The number of carbonyl (C=O) groups excluding carboxylic acids is 3. The largest absolute Gasteiger partial charge is 0.295 e. The van der Waals surface area contributed by atoms with Gasteiger partial charge in [-0.2, -0.15) is 4.98 Å². The SMILES string of the molecule is O=C1CC(c2ccc(Cl)cc2)n2nc(N3C(=O)C4CC=CCC4C3=O)nc2N1. The Bertz CT molecular complexity index is 1000. The average Bonchev–Trinajstić information content (AvgIpc) is 3.21. The summed E-state index contributed by atoms with van der Waals surface area (Å²) in [6.07, 6.45) is 5.12. The number of benzene rings is 1. The van der Waals surface area contributed by atoms with E-state index in [2.05, 4.69) is 15.4 Å². The van der Waals surface area contributed by atoms with E-state index in [-0.39, 0.29) is 53.9 Å². The molecule has 2 aromatic rings. The van der Waals surface area contributed by atoms with Gasteiger partial charge >= 0.3 is 0 Å². The number of nitrogens with zero attached hydrogens (tertiary/aromatic N) is 4. The van der Waals surface area contributed by atoms with Gasteiger partial charge in [0.05, 0.1) is 24.3 Å². The third kappa shape index (κ3) is 2.56. The molecule has 3 heterocycles. The van der Waals surface area contributed by atoms with E-state index in [0.717, 1.165) is 10.5 Å². The lowest BCUT2D eigenvalue weighted by Crippen LogP contribution is -2.32. The first-order valence-electron chi connectivity index (χ1n) is 9.07. The van der Waals surface area contributed by atoms with Crippen LogP contribution in [0.2, 0.25) is 5.02 Å². The Hall–Kier alpha value is -3.00. The van der Waals surface area contributed by atoms with Gasteiger partial charge in [-0.25, -0.2) is 9.58 Å². The van der Waals surface area contributed by atoms with Crippen molar-refractivity contribution in [2.24, 2.45) is 11.8 Å². The summed E-state index contributed by atoms with van der Waals surface area (Å²) in [4.78, 5) is 43.1. The summed E-state index contributed by atoms with van der Waals surface area (Å²) < 4.78 is 1.56. The molecule has 3 unspecified atom stereocenters. The number of imide groups is 1. The van der Waals surface area contributed by atoms with Gasteiger partial charge in [0.15, 0.2) is 0 Å². The molecule has 8 nitrogen and oxygen atoms in total. The van der Waals surface area contributed by atoms with Gasteiger partial charge < -0.3 is 0 Å². The van der Waals surface area contributed by atoms with E-state index in [9.17, 15) is 14.4 Å². The molecule has 0 saturated carbocycles. The Kier molecular flexibility index (Phi) is 3.83. The van der Waals surface area contributed by atoms with Gasteiger partial charge in [0.1, 0.15) is 0 Å². The molecule has 1 N–H and O–H groups in total. The number of allylic oxidation sites excluding steroid dienone is 2. The maximum Gasteiger partial charge on any atom is 0.260 e. The number of halogens is 1. The summed E-state index contributed by atoms with van der Waals surface area (Å²) in [6, 6.07) is 6.74. The summed E-state index contributed by atoms with van der Waals surface area (Å²) in [5.74, 6) is -1.25. The fourth-order valence-electron chi connectivity index (χ4n) is 4.09. The molecule has 28 heavy (non-hydrogen) atoms. The number of hydrogen-bond donors (Lipinski definition) is 1. The number of anilines is 2. The van der Waals surface area contributed by atoms with Crippen LogP contribution in [-0.4, -0.2) is 32.5 Å². The van der Waals surface area contributed by atoms with E-state index >= 15 is 0 Å². The van der Waals surface area contributed by atoms with E-state index in [1.807, 2.05) is 24.3 Å². The van der Waals surface area contributed by atoms with Gasteiger partial charge in [-0.3, -0.25) is 19.7 Å². The standard InChI is InChI=1S/C19H16ClN5O3/c20-11-7-5-10(6-8-11)14-9-15(26)21-18-22-19(23-25(14)18)24-16(27)12-3-1-2-4-13(12)17(24)28/h1-2,5-8,12-14H,3-4,9H2,(H,21,22,23,26). The minimum absolute atomic E-state index is 0.0144. The molecule has 0 radical (unpaired) electrons. The molecule has 3 atom stereocenters. The van der Waals surface area contributed by atoms with Gasteiger partial charge in [-0.1, -0.05) is 35.9 Å². The first kappa shape index (κ1) is 17.1. The molecule has 142 valence electrons. The van der Waals surface area contributed by atoms with E-state index in [1.54, 1.807) is 16.8 Å². The van der Waals surface area contributed by atoms with Gasteiger partial charge in [-0.05, 0) is 30.5 Å². The van der Waals surface area contributed by atoms with Crippen molar-refractivity contribution in [3.05, 3.63) is 47.0 Å². The average molecular weight is 398 g/mol. The van der Waals surface area contributed by atoms with Crippen molar-refractivity contribution >= 4 is 41.2 Å². The molecule has 1 fully saturated rings. The van der Waals surface area contributed by atoms with Gasteiger partial charge in [-0.15, -0.1) is 5.10 Å². The Labute approximate surface area is 165 Å². The van der Waals surface area contributed by atoms with Crippen LogP contribution in [0.5, 0.6) is 0 Å². The van der Waals surface area contributed by atoms with Crippen LogP contribution in [0.25, 0.3) is 0 Å². The number of aromatic nitrogens is 3. The molecule has 1 aliphatic carbocycles. The maximum absolute atomic E-state index is 12.8. The topological polar surface area (TPSA) is 97.2 Å². The third-order valence-corrected chi connectivity index (χ3v) is 5.76. The van der Waals surface area contributed by atoms with E-state index in [4.69, 9.17) is 11.6 Å². The highest BCUT2D eigenvalue weighted by Gasteiger charge is 2.49. The molecule has 1 saturated heterocycles. The highest BCUT2D eigenvalue weighted by Crippen LogP contribution is 2.38. The second-order valence-electron chi connectivity index (χ2n) is 7.17. The van der Waals surface area contributed by atoms with Crippen molar-refractivity contribution < 1.29 is 14.4 Å². The lowest BCUT2D eigenvalue weighted by atomic mass is 9.85. The smallest absolute Gasteiger partial charge is 0.260 e. The zero-order chi connectivity index (χ0) is 19.4. The molecular formula is C19H16ClN5O3. The van der Waals surface area contributed by atoms with Crippen LogP contribution >= 0.6 is 11.6 Å². The molecule has 0 bridgehead atoms. The first-order valence-corrected chi connectivity index (χ1v) is 9.45.